The Hall–Kier alpha value is -1.63. The predicted molar refractivity (Wildman–Crippen MR) is 78.0 cm³/mol. The summed E-state index contributed by atoms with van der Waals surface area (Å²) in [5.41, 5.74) is 0.582. The summed E-state index contributed by atoms with van der Waals surface area (Å²) in [4.78, 5) is 13.2. The predicted octanol–water partition coefficient (Wildman–Crippen LogP) is 1.87. The molecule has 1 saturated heterocycles. The van der Waals surface area contributed by atoms with E-state index in [1.165, 1.54) is 0 Å². The van der Waals surface area contributed by atoms with Crippen LogP contribution in [0.5, 0.6) is 0 Å². The van der Waals surface area contributed by atoms with Gasteiger partial charge in [0.15, 0.2) is 0 Å². The molecular formula is C13H23N5O2. The second-order valence-corrected chi connectivity index (χ2v) is 5.28. The van der Waals surface area contributed by atoms with Crippen LogP contribution in [0.15, 0.2) is 0 Å². The Bertz CT molecular complexity index is 485. The molecule has 1 aliphatic rings. The van der Waals surface area contributed by atoms with Crippen LogP contribution in [0.3, 0.4) is 0 Å². The van der Waals surface area contributed by atoms with Crippen molar-refractivity contribution in [3.63, 3.8) is 0 Å². The summed E-state index contributed by atoms with van der Waals surface area (Å²) in [6.45, 7) is 10.4. The summed E-state index contributed by atoms with van der Waals surface area (Å²) in [6.07, 6.45) is 1.15. The van der Waals surface area contributed by atoms with E-state index in [-0.39, 0.29) is 10.6 Å². The molecular weight excluding hydrogens is 258 g/mol. The maximum atomic E-state index is 11.2. The highest BCUT2D eigenvalue weighted by atomic mass is 16.6. The molecule has 1 unspecified atom stereocenters. The van der Waals surface area contributed by atoms with Crippen molar-refractivity contribution in [3.8, 4) is 0 Å². The summed E-state index contributed by atoms with van der Waals surface area (Å²) in [6, 6.07) is 0. The van der Waals surface area contributed by atoms with Crippen molar-refractivity contribution in [2.45, 2.75) is 33.7 Å². The Balaban J connectivity index is 2.07. The SMILES string of the molecule is CCN1CCC(CNc2c([N+](=O)[O-])c(C)nn2CC)C1. The molecule has 2 heterocycles. The zero-order chi connectivity index (χ0) is 14.7. The Morgan fingerprint density at radius 1 is 1.45 bits per heavy atom. The minimum atomic E-state index is -0.343. The topological polar surface area (TPSA) is 76.2 Å². The second kappa shape index (κ2) is 6.21. The van der Waals surface area contributed by atoms with Crippen molar-refractivity contribution in [2.24, 2.45) is 5.92 Å². The quantitative estimate of drug-likeness (QED) is 0.636. The lowest BCUT2D eigenvalue weighted by molar-refractivity contribution is -0.384. The average molecular weight is 281 g/mol. The van der Waals surface area contributed by atoms with Crippen molar-refractivity contribution >= 4 is 11.5 Å². The maximum Gasteiger partial charge on any atom is 0.333 e. The van der Waals surface area contributed by atoms with Gasteiger partial charge in [-0.1, -0.05) is 6.92 Å². The van der Waals surface area contributed by atoms with Crippen LogP contribution in [0.1, 0.15) is 26.0 Å². The van der Waals surface area contributed by atoms with Crippen molar-refractivity contribution in [1.82, 2.24) is 14.7 Å². The first-order valence-corrected chi connectivity index (χ1v) is 7.24. The third-order valence-corrected chi connectivity index (χ3v) is 3.95. The van der Waals surface area contributed by atoms with Gasteiger partial charge >= 0.3 is 5.69 Å². The molecule has 0 spiro atoms. The van der Waals surface area contributed by atoms with E-state index in [1.54, 1.807) is 11.6 Å². The molecule has 0 radical (unpaired) electrons. The van der Waals surface area contributed by atoms with Crippen LogP contribution < -0.4 is 5.32 Å². The van der Waals surface area contributed by atoms with Gasteiger partial charge in [-0.2, -0.15) is 5.10 Å². The first kappa shape index (κ1) is 14.8. The van der Waals surface area contributed by atoms with Gasteiger partial charge in [-0.15, -0.1) is 0 Å². The molecule has 0 aliphatic carbocycles. The summed E-state index contributed by atoms with van der Waals surface area (Å²) in [7, 11) is 0. The van der Waals surface area contributed by atoms with Gasteiger partial charge < -0.3 is 10.2 Å². The van der Waals surface area contributed by atoms with E-state index in [0.29, 0.717) is 24.0 Å². The van der Waals surface area contributed by atoms with Crippen LogP contribution in [0.2, 0.25) is 0 Å². The van der Waals surface area contributed by atoms with Gasteiger partial charge in [0, 0.05) is 19.6 Å². The number of aryl methyl sites for hydroxylation is 2. The highest BCUT2D eigenvalue weighted by Crippen LogP contribution is 2.28. The molecule has 0 saturated carbocycles. The molecule has 2 rings (SSSR count). The number of aromatic nitrogens is 2. The van der Waals surface area contributed by atoms with Crippen molar-refractivity contribution in [1.29, 1.82) is 0 Å². The third-order valence-electron chi connectivity index (χ3n) is 3.95. The van der Waals surface area contributed by atoms with Crippen molar-refractivity contribution in [3.05, 3.63) is 15.8 Å². The zero-order valence-electron chi connectivity index (χ0n) is 12.4. The van der Waals surface area contributed by atoms with Gasteiger partial charge in [0.2, 0.25) is 5.82 Å². The largest absolute Gasteiger partial charge is 0.364 e. The number of hydrogen-bond donors (Lipinski definition) is 1. The van der Waals surface area contributed by atoms with E-state index in [2.05, 4.69) is 22.2 Å². The molecule has 1 aromatic heterocycles. The fourth-order valence-electron chi connectivity index (χ4n) is 2.80. The molecule has 1 N–H and O–H groups in total. The van der Waals surface area contributed by atoms with E-state index in [4.69, 9.17) is 0 Å². The molecule has 0 bridgehead atoms. The van der Waals surface area contributed by atoms with Gasteiger partial charge in [0.05, 0.1) is 4.92 Å². The first-order valence-electron chi connectivity index (χ1n) is 7.24. The number of anilines is 1. The Kier molecular flexibility index (Phi) is 4.59. The van der Waals surface area contributed by atoms with Gasteiger partial charge in [-0.05, 0) is 39.3 Å². The minimum absolute atomic E-state index is 0.109. The summed E-state index contributed by atoms with van der Waals surface area (Å²) >= 11 is 0. The van der Waals surface area contributed by atoms with Crippen LogP contribution in [-0.4, -0.2) is 45.8 Å². The number of nitro groups is 1. The lowest BCUT2D eigenvalue weighted by Gasteiger charge is -2.14. The Morgan fingerprint density at radius 3 is 2.75 bits per heavy atom. The van der Waals surface area contributed by atoms with Gasteiger partial charge in [0.25, 0.3) is 0 Å². The molecule has 1 fully saturated rings. The van der Waals surface area contributed by atoms with E-state index in [1.807, 2.05) is 6.92 Å². The number of nitrogens with zero attached hydrogens (tertiary/aromatic N) is 4. The van der Waals surface area contributed by atoms with Crippen LogP contribution >= 0.6 is 0 Å². The highest BCUT2D eigenvalue weighted by molar-refractivity contribution is 5.59. The number of rotatable bonds is 6. The molecule has 20 heavy (non-hydrogen) atoms. The van der Waals surface area contributed by atoms with E-state index < -0.39 is 0 Å². The van der Waals surface area contributed by atoms with Crippen LogP contribution in [-0.2, 0) is 6.54 Å². The van der Waals surface area contributed by atoms with Crippen LogP contribution in [0.25, 0.3) is 0 Å². The number of nitrogens with one attached hydrogen (secondary N) is 1. The van der Waals surface area contributed by atoms with Gasteiger partial charge in [-0.25, -0.2) is 4.68 Å². The standard InChI is InChI=1S/C13H23N5O2/c1-4-16-7-6-11(9-16)8-14-13-12(18(19)20)10(3)15-17(13)5-2/h11,14H,4-9H2,1-3H3. The Morgan fingerprint density at radius 2 is 2.20 bits per heavy atom. The molecule has 7 heteroatoms. The van der Waals surface area contributed by atoms with Crippen molar-refractivity contribution in [2.75, 3.05) is 31.5 Å². The molecule has 1 aliphatic heterocycles. The van der Waals surface area contributed by atoms with Crippen LogP contribution in [0.4, 0.5) is 11.5 Å². The molecule has 1 aromatic rings. The number of hydrogen-bond acceptors (Lipinski definition) is 5. The monoisotopic (exact) mass is 281 g/mol. The zero-order valence-corrected chi connectivity index (χ0v) is 12.4. The van der Waals surface area contributed by atoms with E-state index in [0.717, 1.165) is 32.6 Å². The van der Waals surface area contributed by atoms with Gasteiger partial charge in [-0.3, -0.25) is 10.1 Å². The molecule has 112 valence electrons. The smallest absolute Gasteiger partial charge is 0.333 e. The second-order valence-electron chi connectivity index (χ2n) is 5.28. The van der Waals surface area contributed by atoms with E-state index in [9.17, 15) is 10.1 Å². The summed E-state index contributed by atoms with van der Waals surface area (Å²) in [5, 5.41) is 18.7. The third kappa shape index (κ3) is 2.92. The molecule has 0 amide bonds. The summed E-state index contributed by atoms with van der Waals surface area (Å²) in [5.74, 6) is 1.10. The maximum absolute atomic E-state index is 11.2. The number of likely N-dealkylation sites (tertiary alicyclic amines) is 1. The summed E-state index contributed by atoms with van der Waals surface area (Å²) < 4.78 is 1.68. The van der Waals surface area contributed by atoms with Crippen LogP contribution in [0, 0.1) is 23.0 Å². The molecule has 7 nitrogen and oxygen atoms in total. The average Bonchev–Trinajstić information content (AvgIpc) is 2.99. The fourth-order valence-corrected chi connectivity index (χ4v) is 2.80. The molecule has 0 aromatic carbocycles. The normalized spacial score (nSPS) is 19.4. The Labute approximate surface area is 119 Å². The lowest BCUT2D eigenvalue weighted by atomic mass is 10.1. The first-order chi connectivity index (χ1) is 9.56. The molecule has 1 atom stereocenters. The fraction of sp³-hybridized carbons (Fsp3) is 0.769. The lowest BCUT2D eigenvalue weighted by Crippen LogP contribution is -2.23. The van der Waals surface area contributed by atoms with Crippen molar-refractivity contribution < 1.29 is 4.92 Å². The van der Waals surface area contributed by atoms with E-state index >= 15 is 0 Å². The highest BCUT2D eigenvalue weighted by Gasteiger charge is 2.27. The van der Waals surface area contributed by atoms with Gasteiger partial charge in [0.1, 0.15) is 5.69 Å². The minimum Gasteiger partial charge on any atom is -0.364 e.